The SMILES string of the molecule is Cc1ccc(-c2sc3cc(O)ccc3c2Oc2ccc(OCCOCCOCCOCC=O)cc2)cc1. The fourth-order valence-electron chi connectivity index (χ4n) is 3.57. The van der Waals surface area contributed by atoms with Crippen LogP contribution in [0.1, 0.15) is 5.56 Å². The molecule has 0 bridgehead atoms. The molecule has 0 fully saturated rings. The van der Waals surface area contributed by atoms with Crippen molar-refractivity contribution in [3.05, 3.63) is 72.3 Å². The van der Waals surface area contributed by atoms with Gasteiger partial charge in [-0.05, 0) is 55.0 Å². The zero-order chi connectivity index (χ0) is 25.9. The van der Waals surface area contributed by atoms with Gasteiger partial charge in [-0.2, -0.15) is 0 Å². The molecule has 0 aliphatic carbocycles. The Balaban J connectivity index is 1.30. The third-order valence-electron chi connectivity index (χ3n) is 5.41. The fraction of sp³-hybridized carbons (Fsp3) is 0.276. The maximum absolute atomic E-state index is 10.1. The van der Waals surface area contributed by atoms with Crippen LogP contribution in [0.3, 0.4) is 0 Å². The first-order chi connectivity index (χ1) is 18.1. The molecular formula is C29H30O7S. The lowest BCUT2D eigenvalue weighted by Crippen LogP contribution is -2.13. The molecule has 0 spiro atoms. The molecule has 4 rings (SSSR count). The summed E-state index contributed by atoms with van der Waals surface area (Å²) in [4.78, 5) is 11.1. The second-order valence-electron chi connectivity index (χ2n) is 8.20. The number of aryl methyl sites for hydroxylation is 1. The highest BCUT2D eigenvalue weighted by Gasteiger charge is 2.17. The van der Waals surface area contributed by atoms with E-state index in [-0.39, 0.29) is 12.4 Å². The number of carbonyl (C=O) groups excluding carboxylic acids is 1. The number of hydrogen-bond acceptors (Lipinski definition) is 8. The normalized spacial score (nSPS) is 11.1. The lowest BCUT2D eigenvalue weighted by Gasteiger charge is -2.10. The van der Waals surface area contributed by atoms with Gasteiger partial charge in [0.1, 0.15) is 36.7 Å². The van der Waals surface area contributed by atoms with Crippen LogP contribution in [0.15, 0.2) is 66.7 Å². The van der Waals surface area contributed by atoms with Gasteiger partial charge in [-0.3, -0.25) is 0 Å². The Morgan fingerprint density at radius 3 is 2.14 bits per heavy atom. The maximum Gasteiger partial charge on any atom is 0.153 e. The van der Waals surface area contributed by atoms with E-state index in [1.807, 2.05) is 30.3 Å². The predicted molar refractivity (Wildman–Crippen MR) is 144 cm³/mol. The minimum atomic E-state index is 0.0923. The standard InChI is InChI=1S/C29H30O7S/c1-21-2-4-22(5-3-21)29-28(26-11-6-23(31)20-27(26)37-29)36-25-9-7-24(8-10-25)35-19-18-34-17-16-33-15-14-32-13-12-30/h2-12,20,31H,13-19H2,1H3. The number of hydrogen-bond donors (Lipinski definition) is 1. The van der Waals surface area contributed by atoms with Gasteiger partial charge in [-0.15, -0.1) is 11.3 Å². The van der Waals surface area contributed by atoms with Crippen molar-refractivity contribution in [3.8, 4) is 33.4 Å². The molecule has 7 nitrogen and oxygen atoms in total. The average molecular weight is 523 g/mol. The van der Waals surface area contributed by atoms with E-state index in [0.29, 0.717) is 51.7 Å². The largest absolute Gasteiger partial charge is 0.508 e. The maximum atomic E-state index is 10.1. The van der Waals surface area contributed by atoms with Gasteiger partial charge in [-0.1, -0.05) is 29.8 Å². The Labute approximate surface area is 220 Å². The van der Waals surface area contributed by atoms with Crippen molar-refractivity contribution < 1.29 is 33.6 Å². The third-order valence-corrected chi connectivity index (χ3v) is 6.59. The van der Waals surface area contributed by atoms with Crippen molar-refractivity contribution in [2.75, 3.05) is 46.2 Å². The molecule has 0 aliphatic rings. The Kier molecular flexibility index (Phi) is 9.90. The van der Waals surface area contributed by atoms with Gasteiger partial charge in [-0.25, -0.2) is 0 Å². The monoisotopic (exact) mass is 522 g/mol. The number of phenolic OH excluding ortho intramolecular Hbond substituents is 1. The van der Waals surface area contributed by atoms with Crippen LogP contribution in [0.25, 0.3) is 20.5 Å². The molecule has 8 heteroatoms. The lowest BCUT2D eigenvalue weighted by molar-refractivity contribution is -0.112. The summed E-state index contributed by atoms with van der Waals surface area (Å²) in [5.41, 5.74) is 2.26. The molecule has 0 unspecified atom stereocenters. The third kappa shape index (κ3) is 7.77. The van der Waals surface area contributed by atoms with E-state index in [4.69, 9.17) is 23.7 Å². The molecule has 0 saturated heterocycles. The van der Waals surface area contributed by atoms with E-state index < -0.39 is 0 Å². The van der Waals surface area contributed by atoms with E-state index >= 15 is 0 Å². The van der Waals surface area contributed by atoms with Crippen LogP contribution in [0.4, 0.5) is 0 Å². The molecule has 3 aromatic carbocycles. The molecule has 0 atom stereocenters. The Bertz CT molecular complexity index is 1270. The number of benzene rings is 3. The molecule has 0 radical (unpaired) electrons. The number of aromatic hydroxyl groups is 1. The Hall–Kier alpha value is -3.43. The Morgan fingerprint density at radius 1 is 0.784 bits per heavy atom. The topological polar surface area (TPSA) is 83.5 Å². The second kappa shape index (κ2) is 13.8. The molecule has 4 aromatic rings. The van der Waals surface area contributed by atoms with Gasteiger partial charge < -0.3 is 33.6 Å². The summed E-state index contributed by atoms with van der Waals surface area (Å²) >= 11 is 1.59. The van der Waals surface area contributed by atoms with Crippen molar-refractivity contribution >= 4 is 27.7 Å². The van der Waals surface area contributed by atoms with Crippen LogP contribution >= 0.6 is 11.3 Å². The van der Waals surface area contributed by atoms with Gasteiger partial charge in [0.15, 0.2) is 5.75 Å². The number of aldehydes is 1. The van der Waals surface area contributed by atoms with Crippen LogP contribution < -0.4 is 9.47 Å². The van der Waals surface area contributed by atoms with Crippen LogP contribution in [-0.4, -0.2) is 57.6 Å². The van der Waals surface area contributed by atoms with Crippen molar-refractivity contribution in [1.82, 2.24) is 0 Å². The summed E-state index contributed by atoms with van der Waals surface area (Å²) in [5, 5.41) is 10.9. The molecule has 0 aliphatic heterocycles. The molecule has 1 N–H and O–H groups in total. The summed E-state index contributed by atoms with van der Waals surface area (Å²) in [6.45, 7) is 4.74. The number of carbonyl (C=O) groups is 1. The molecule has 194 valence electrons. The molecule has 1 heterocycles. The minimum absolute atomic E-state index is 0.0923. The molecule has 1 aromatic heterocycles. The highest BCUT2D eigenvalue weighted by molar-refractivity contribution is 7.22. The van der Waals surface area contributed by atoms with Gasteiger partial charge in [0, 0.05) is 10.1 Å². The predicted octanol–water partition coefficient (Wildman–Crippen LogP) is 6.00. The Morgan fingerprint density at radius 2 is 1.43 bits per heavy atom. The molecular weight excluding hydrogens is 492 g/mol. The van der Waals surface area contributed by atoms with E-state index in [2.05, 4.69) is 31.2 Å². The number of thiophene rings is 1. The highest BCUT2D eigenvalue weighted by atomic mass is 32.1. The first-order valence-corrected chi connectivity index (χ1v) is 12.9. The van der Waals surface area contributed by atoms with Gasteiger partial charge in [0.05, 0.1) is 37.9 Å². The quantitative estimate of drug-likeness (QED) is 0.151. The van der Waals surface area contributed by atoms with E-state index in [1.165, 1.54) is 5.56 Å². The number of fused-ring (bicyclic) bond motifs is 1. The lowest BCUT2D eigenvalue weighted by atomic mass is 10.1. The smallest absolute Gasteiger partial charge is 0.153 e. The van der Waals surface area contributed by atoms with Crippen LogP contribution in [0.2, 0.25) is 0 Å². The van der Waals surface area contributed by atoms with Crippen molar-refractivity contribution in [2.45, 2.75) is 6.92 Å². The van der Waals surface area contributed by atoms with E-state index in [0.717, 1.165) is 32.0 Å². The average Bonchev–Trinajstić information content (AvgIpc) is 3.25. The van der Waals surface area contributed by atoms with Crippen LogP contribution in [0.5, 0.6) is 23.0 Å². The van der Waals surface area contributed by atoms with Crippen molar-refractivity contribution in [1.29, 1.82) is 0 Å². The highest BCUT2D eigenvalue weighted by Crippen LogP contribution is 2.47. The summed E-state index contributed by atoms with van der Waals surface area (Å²) < 4.78 is 28.9. The molecule has 0 saturated carbocycles. The summed E-state index contributed by atoms with van der Waals surface area (Å²) in [6.07, 6.45) is 0.713. The van der Waals surface area contributed by atoms with Crippen LogP contribution in [0, 0.1) is 6.92 Å². The number of phenols is 1. The molecule has 37 heavy (non-hydrogen) atoms. The van der Waals surface area contributed by atoms with Crippen LogP contribution in [-0.2, 0) is 19.0 Å². The number of rotatable bonds is 15. The van der Waals surface area contributed by atoms with Crippen molar-refractivity contribution in [2.24, 2.45) is 0 Å². The fourth-order valence-corrected chi connectivity index (χ4v) is 4.74. The van der Waals surface area contributed by atoms with E-state index in [1.54, 1.807) is 23.5 Å². The summed E-state index contributed by atoms with van der Waals surface area (Å²) in [6, 6.07) is 21.1. The molecule has 0 amide bonds. The van der Waals surface area contributed by atoms with E-state index in [9.17, 15) is 9.90 Å². The first kappa shape index (κ1) is 26.6. The summed E-state index contributed by atoms with van der Waals surface area (Å²) in [7, 11) is 0. The van der Waals surface area contributed by atoms with Gasteiger partial charge >= 0.3 is 0 Å². The number of ether oxygens (including phenoxy) is 5. The first-order valence-electron chi connectivity index (χ1n) is 12.0. The van der Waals surface area contributed by atoms with Crippen molar-refractivity contribution in [3.63, 3.8) is 0 Å². The van der Waals surface area contributed by atoms with Gasteiger partial charge in [0.2, 0.25) is 0 Å². The van der Waals surface area contributed by atoms with Gasteiger partial charge in [0.25, 0.3) is 0 Å². The zero-order valence-corrected chi connectivity index (χ0v) is 21.5. The summed E-state index contributed by atoms with van der Waals surface area (Å²) in [5.74, 6) is 2.41. The second-order valence-corrected chi connectivity index (χ2v) is 9.25. The zero-order valence-electron chi connectivity index (χ0n) is 20.7. The minimum Gasteiger partial charge on any atom is -0.508 e.